The number of nitrogens with one attached hydrogen (secondary N) is 1. The average Bonchev–Trinajstić information content (AvgIpc) is 3.07. The van der Waals surface area contributed by atoms with Gasteiger partial charge in [0.05, 0.1) is 36.0 Å². The monoisotopic (exact) mass is 303 g/mol. The predicted molar refractivity (Wildman–Crippen MR) is 80.4 cm³/mol. The Morgan fingerprint density at radius 2 is 2.38 bits per heavy atom. The van der Waals surface area contributed by atoms with Crippen LogP contribution in [0.2, 0.25) is 0 Å². The molecule has 108 valence electrons. The van der Waals surface area contributed by atoms with E-state index in [-0.39, 0.29) is 0 Å². The van der Waals surface area contributed by atoms with Crippen LogP contribution in [0.15, 0.2) is 30.7 Å². The maximum atomic E-state index is 11.5. The number of ether oxygens (including phenoxy) is 1. The number of nitrogens with zero attached hydrogens (tertiary/aromatic N) is 4. The van der Waals surface area contributed by atoms with Gasteiger partial charge in [0.15, 0.2) is 5.11 Å². The van der Waals surface area contributed by atoms with Gasteiger partial charge in [0.25, 0.3) is 0 Å². The van der Waals surface area contributed by atoms with Gasteiger partial charge in [0.2, 0.25) is 0 Å². The Balaban J connectivity index is 1.79. The molecule has 0 aromatic carbocycles. The van der Waals surface area contributed by atoms with Crippen LogP contribution in [0.5, 0.6) is 0 Å². The summed E-state index contributed by atoms with van der Waals surface area (Å²) in [6.45, 7) is 2.68. The van der Waals surface area contributed by atoms with Gasteiger partial charge in [-0.05, 0) is 31.3 Å². The van der Waals surface area contributed by atoms with Gasteiger partial charge < -0.3 is 10.1 Å². The highest BCUT2D eigenvalue weighted by Gasteiger charge is 2.26. The smallest absolute Gasteiger partial charge is 0.416 e. The second kappa shape index (κ2) is 5.49. The van der Waals surface area contributed by atoms with E-state index in [0.717, 1.165) is 17.1 Å². The van der Waals surface area contributed by atoms with E-state index < -0.39 is 6.09 Å². The van der Waals surface area contributed by atoms with Crippen LogP contribution in [0.3, 0.4) is 0 Å². The highest BCUT2D eigenvalue weighted by Crippen LogP contribution is 2.17. The van der Waals surface area contributed by atoms with Crippen molar-refractivity contribution >= 4 is 29.1 Å². The lowest BCUT2D eigenvalue weighted by Gasteiger charge is -2.14. The summed E-state index contributed by atoms with van der Waals surface area (Å²) in [7, 11) is 0. The molecule has 3 rings (SSSR count). The van der Waals surface area contributed by atoms with Crippen LogP contribution in [-0.2, 0) is 4.74 Å². The SMILES string of the molecule is Cc1nn(-c2cccnc2)cc1NC(=S)N1CCOC1=O. The zero-order valence-corrected chi connectivity index (χ0v) is 12.1. The van der Waals surface area contributed by atoms with Crippen LogP contribution in [0.25, 0.3) is 5.69 Å². The molecule has 0 atom stereocenters. The van der Waals surface area contributed by atoms with Crippen LogP contribution in [0.4, 0.5) is 10.5 Å². The van der Waals surface area contributed by atoms with Gasteiger partial charge in [0, 0.05) is 6.20 Å². The standard InChI is InChI=1S/C13H13N5O2S/c1-9-11(15-12(21)17-5-6-20-13(17)19)8-18(16-9)10-3-2-4-14-7-10/h2-4,7-8H,5-6H2,1H3,(H,15,21). The van der Waals surface area contributed by atoms with Crippen LogP contribution < -0.4 is 5.32 Å². The molecule has 1 amide bonds. The molecule has 0 saturated carbocycles. The summed E-state index contributed by atoms with van der Waals surface area (Å²) in [6, 6.07) is 3.74. The zero-order valence-electron chi connectivity index (χ0n) is 11.3. The van der Waals surface area contributed by atoms with Crippen molar-refractivity contribution in [2.45, 2.75) is 6.92 Å². The summed E-state index contributed by atoms with van der Waals surface area (Å²) >= 11 is 5.22. The van der Waals surface area contributed by atoms with Gasteiger partial charge in [0.1, 0.15) is 6.61 Å². The van der Waals surface area contributed by atoms with Crippen molar-refractivity contribution in [3.05, 3.63) is 36.4 Å². The van der Waals surface area contributed by atoms with Crippen molar-refractivity contribution in [1.29, 1.82) is 0 Å². The third kappa shape index (κ3) is 2.70. The topological polar surface area (TPSA) is 72.3 Å². The van der Waals surface area contributed by atoms with Crippen molar-refractivity contribution in [1.82, 2.24) is 19.7 Å². The number of aryl methyl sites for hydroxylation is 1. The summed E-state index contributed by atoms with van der Waals surface area (Å²) in [5, 5.41) is 7.74. The molecular weight excluding hydrogens is 290 g/mol. The first-order valence-corrected chi connectivity index (χ1v) is 6.78. The van der Waals surface area contributed by atoms with E-state index in [9.17, 15) is 4.79 Å². The number of aromatic nitrogens is 3. The van der Waals surface area contributed by atoms with E-state index in [1.54, 1.807) is 23.3 Å². The number of amides is 1. The Kier molecular flexibility index (Phi) is 3.53. The first-order chi connectivity index (χ1) is 10.1. The van der Waals surface area contributed by atoms with Crippen molar-refractivity contribution in [3.63, 3.8) is 0 Å². The van der Waals surface area contributed by atoms with E-state index >= 15 is 0 Å². The highest BCUT2D eigenvalue weighted by molar-refractivity contribution is 7.80. The van der Waals surface area contributed by atoms with E-state index in [0.29, 0.717) is 18.3 Å². The van der Waals surface area contributed by atoms with Gasteiger partial charge in [-0.3, -0.25) is 9.88 Å². The molecule has 0 spiro atoms. The van der Waals surface area contributed by atoms with Crippen LogP contribution >= 0.6 is 12.2 Å². The minimum absolute atomic E-state index is 0.311. The van der Waals surface area contributed by atoms with E-state index in [1.165, 1.54) is 4.90 Å². The molecule has 0 unspecified atom stereocenters. The Morgan fingerprint density at radius 1 is 1.52 bits per heavy atom. The summed E-state index contributed by atoms with van der Waals surface area (Å²) in [4.78, 5) is 16.9. The third-order valence-electron chi connectivity index (χ3n) is 3.06. The number of thiocarbonyl (C=S) groups is 1. The molecule has 3 heterocycles. The molecule has 0 bridgehead atoms. The van der Waals surface area contributed by atoms with Gasteiger partial charge in [-0.25, -0.2) is 9.48 Å². The molecular formula is C13H13N5O2S. The first kappa shape index (κ1) is 13.5. The predicted octanol–water partition coefficient (Wildman–Crippen LogP) is 1.72. The average molecular weight is 303 g/mol. The highest BCUT2D eigenvalue weighted by atomic mass is 32.1. The Bertz CT molecular complexity index is 685. The van der Waals surface area contributed by atoms with Crippen LogP contribution in [-0.4, -0.2) is 44.0 Å². The number of carbonyl (C=O) groups is 1. The van der Waals surface area contributed by atoms with Gasteiger partial charge >= 0.3 is 6.09 Å². The second-order valence-electron chi connectivity index (χ2n) is 4.48. The number of carbonyl (C=O) groups excluding carboxylic acids is 1. The Morgan fingerprint density at radius 3 is 3.05 bits per heavy atom. The van der Waals surface area contributed by atoms with Crippen molar-refractivity contribution in [2.75, 3.05) is 18.5 Å². The van der Waals surface area contributed by atoms with Crippen molar-refractivity contribution in [3.8, 4) is 5.69 Å². The quantitative estimate of drug-likeness (QED) is 0.852. The summed E-state index contributed by atoms with van der Waals surface area (Å²) in [6.07, 6.45) is 4.80. The fraction of sp³-hybridized carbons (Fsp3) is 0.231. The number of cyclic esters (lactones) is 1. The summed E-state index contributed by atoms with van der Waals surface area (Å²) in [5.74, 6) is 0. The van der Waals surface area contributed by atoms with E-state index in [1.807, 2.05) is 19.1 Å². The number of rotatable bonds is 2. The fourth-order valence-corrected chi connectivity index (χ4v) is 2.24. The molecule has 1 aliphatic heterocycles. The second-order valence-corrected chi connectivity index (χ2v) is 4.87. The van der Waals surface area contributed by atoms with Gasteiger partial charge in [-0.15, -0.1) is 0 Å². The molecule has 1 saturated heterocycles. The lowest BCUT2D eigenvalue weighted by Crippen LogP contribution is -2.35. The van der Waals surface area contributed by atoms with Crippen LogP contribution in [0.1, 0.15) is 5.69 Å². The molecule has 7 nitrogen and oxygen atoms in total. The molecule has 1 N–H and O–H groups in total. The minimum atomic E-state index is -0.426. The van der Waals surface area contributed by atoms with Crippen molar-refractivity contribution < 1.29 is 9.53 Å². The lowest BCUT2D eigenvalue weighted by atomic mass is 10.4. The van der Waals surface area contributed by atoms with Gasteiger partial charge in [-0.2, -0.15) is 5.10 Å². The molecule has 1 fully saturated rings. The minimum Gasteiger partial charge on any atom is -0.447 e. The summed E-state index contributed by atoms with van der Waals surface area (Å²) in [5.41, 5.74) is 2.36. The largest absolute Gasteiger partial charge is 0.447 e. The molecule has 2 aromatic heterocycles. The maximum Gasteiger partial charge on any atom is 0.416 e. The molecule has 8 heteroatoms. The van der Waals surface area contributed by atoms with E-state index in [4.69, 9.17) is 17.0 Å². The summed E-state index contributed by atoms with van der Waals surface area (Å²) < 4.78 is 6.56. The lowest BCUT2D eigenvalue weighted by molar-refractivity contribution is 0.169. The molecule has 0 aliphatic carbocycles. The first-order valence-electron chi connectivity index (χ1n) is 6.37. The molecule has 21 heavy (non-hydrogen) atoms. The Labute approximate surface area is 126 Å². The third-order valence-corrected chi connectivity index (χ3v) is 3.38. The number of pyridine rings is 1. The maximum absolute atomic E-state index is 11.5. The Hall–Kier alpha value is -2.48. The van der Waals surface area contributed by atoms with Crippen molar-refractivity contribution in [2.24, 2.45) is 0 Å². The number of hydrogen-bond acceptors (Lipinski definition) is 5. The fourth-order valence-electron chi connectivity index (χ4n) is 1.96. The van der Waals surface area contributed by atoms with Gasteiger partial charge in [-0.1, -0.05) is 0 Å². The number of anilines is 1. The zero-order chi connectivity index (χ0) is 14.8. The molecule has 0 radical (unpaired) electrons. The van der Waals surface area contributed by atoms with Crippen LogP contribution in [0, 0.1) is 6.92 Å². The van der Waals surface area contributed by atoms with E-state index in [2.05, 4.69) is 15.4 Å². The number of hydrogen-bond donors (Lipinski definition) is 1. The normalized spacial score (nSPS) is 14.1. The molecule has 1 aliphatic rings. The molecule has 2 aromatic rings.